The molecular formula is C21H22N4OS. The Bertz CT molecular complexity index is 950. The third-order valence-corrected chi connectivity index (χ3v) is 5.83. The second kappa shape index (κ2) is 7.56. The number of hydrogen-bond donors (Lipinski definition) is 1. The molecule has 5 nitrogen and oxygen atoms in total. The molecule has 1 atom stereocenters. The SMILES string of the molecule is Cc1ccc(-n2cnnc2SC(C(=O)NC2CC2)c2ccccc2)c(C)c1. The van der Waals surface area contributed by atoms with E-state index in [0.29, 0.717) is 11.2 Å². The molecule has 1 heterocycles. The second-order valence-corrected chi connectivity index (χ2v) is 8.04. The number of carbonyl (C=O) groups excluding carboxylic acids is 1. The van der Waals surface area contributed by atoms with Gasteiger partial charge in [0.25, 0.3) is 0 Å². The van der Waals surface area contributed by atoms with Crippen LogP contribution in [0.3, 0.4) is 0 Å². The summed E-state index contributed by atoms with van der Waals surface area (Å²) in [6, 6.07) is 16.5. The van der Waals surface area contributed by atoms with Gasteiger partial charge in [0, 0.05) is 6.04 Å². The van der Waals surface area contributed by atoms with Crippen LogP contribution in [-0.4, -0.2) is 26.7 Å². The number of rotatable bonds is 6. The Kier molecular flexibility index (Phi) is 4.99. The molecule has 2 aromatic carbocycles. The molecule has 0 saturated heterocycles. The third-order valence-electron chi connectivity index (χ3n) is 4.62. The number of thioether (sulfide) groups is 1. The summed E-state index contributed by atoms with van der Waals surface area (Å²) in [5.74, 6) is 0.0314. The maximum Gasteiger partial charge on any atom is 0.238 e. The molecule has 1 aliphatic carbocycles. The average Bonchev–Trinajstić information content (AvgIpc) is 3.36. The van der Waals surface area contributed by atoms with Gasteiger partial charge in [-0.15, -0.1) is 10.2 Å². The molecule has 0 spiro atoms. The zero-order valence-electron chi connectivity index (χ0n) is 15.4. The number of nitrogens with zero attached hydrogens (tertiary/aromatic N) is 3. The maximum absolute atomic E-state index is 12.9. The van der Waals surface area contributed by atoms with Gasteiger partial charge in [-0.1, -0.05) is 59.8 Å². The van der Waals surface area contributed by atoms with Crippen molar-refractivity contribution in [2.75, 3.05) is 0 Å². The first-order chi connectivity index (χ1) is 13.1. The number of benzene rings is 2. The van der Waals surface area contributed by atoms with Crippen molar-refractivity contribution >= 4 is 17.7 Å². The van der Waals surface area contributed by atoms with E-state index in [0.717, 1.165) is 29.7 Å². The lowest BCUT2D eigenvalue weighted by Crippen LogP contribution is -2.29. The summed E-state index contributed by atoms with van der Waals surface area (Å²) >= 11 is 1.44. The van der Waals surface area contributed by atoms with Gasteiger partial charge in [-0.05, 0) is 43.9 Å². The lowest BCUT2D eigenvalue weighted by Gasteiger charge is -2.17. The van der Waals surface area contributed by atoms with E-state index in [2.05, 4.69) is 47.6 Å². The van der Waals surface area contributed by atoms with E-state index >= 15 is 0 Å². The summed E-state index contributed by atoms with van der Waals surface area (Å²) in [7, 11) is 0. The first-order valence-electron chi connectivity index (χ1n) is 9.11. The molecule has 27 heavy (non-hydrogen) atoms. The van der Waals surface area contributed by atoms with Gasteiger partial charge in [0.15, 0.2) is 5.16 Å². The Labute approximate surface area is 163 Å². The standard InChI is InChI=1S/C21H22N4OS/c1-14-8-11-18(15(2)12-14)25-13-22-24-21(25)27-19(16-6-4-3-5-7-16)20(26)23-17-9-10-17/h3-8,11-13,17,19H,9-10H2,1-2H3,(H,23,26). The van der Waals surface area contributed by atoms with Gasteiger partial charge in [0.05, 0.1) is 5.69 Å². The van der Waals surface area contributed by atoms with E-state index < -0.39 is 0 Å². The molecule has 1 fully saturated rings. The van der Waals surface area contributed by atoms with Crippen LogP contribution in [0.4, 0.5) is 0 Å². The zero-order valence-corrected chi connectivity index (χ0v) is 16.2. The minimum Gasteiger partial charge on any atom is -0.352 e. The lowest BCUT2D eigenvalue weighted by molar-refractivity contribution is -0.120. The topological polar surface area (TPSA) is 59.8 Å². The first kappa shape index (κ1) is 17.8. The lowest BCUT2D eigenvalue weighted by atomic mass is 10.1. The Balaban J connectivity index is 1.66. The minimum absolute atomic E-state index is 0.0314. The van der Waals surface area contributed by atoms with Gasteiger partial charge < -0.3 is 5.32 Å². The second-order valence-electron chi connectivity index (χ2n) is 6.96. The Morgan fingerprint density at radius 1 is 1.19 bits per heavy atom. The van der Waals surface area contributed by atoms with Crippen molar-refractivity contribution in [3.05, 3.63) is 71.5 Å². The van der Waals surface area contributed by atoms with Crippen LogP contribution in [0.2, 0.25) is 0 Å². The average molecular weight is 379 g/mol. The smallest absolute Gasteiger partial charge is 0.238 e. The van der Waals surface area contributed by atoms with Gasteiger partial charge in [-0.2, -0.15) is 0 Å². The van der Waals surface area contributed by atoms with Crippen molar-refractivity contribution in [1.29, 1.82) is 0 Å². The van der Waals surface area contributed by atoms with Gasteiger partial charge in [-0.3, -0.25) is 9.36 Å². The van der Waals surface area contributed by atoms with Crippen molar-refractivity contribution < 1.29 is 4.79 Å². The van der Waals surface area contributed by atoms with Crippen molar-refractivity contribution in [3.8, 4) is 5.69 Å². The highest BCUT2D eigenvalue weighted by molar-refractivity contribution is 8.00. The van der Waals surface area contributed by atoms with Crippen LogP contribution in [0.25, 0.3) is 5.69 Å². The van der Waals surface area contributed by atoms with Gasteiger partial charge in [0.1, 0.15) is 11.6 Å². The Hall–Kier alpha value is -2.60. The highest BCUT2D eigenvalue weighted by Crippen LogP contribution is 2.36. The number of nitrogens with one attached hydrogen (secondary N) is 1. The summed E-state index contributed by atoms with van der Waals surface area (Å²) in [6.45, 7) is 4.15. The fourth-order valence-corrected chi connectivity index (χ4v) is 4.09. The molecule has 1 N–H and O–H groups in total. The molecule has 1 saturated carbocycles. The highest BCUT2D eigenvalue weighted by atomic mass is 32.2. The van der Waals surface area contributed by atoms with Gasteiger partial charge >= 0.3 is 0 Å². The van der Waals surface area contributed by atoms with Crippen molar-refractivity contribution in [1.82, 2.24) is 20.1 Å². The summed E-state index contributed by atoms with van der Waals surface area (Å²) in [6.07, 6.45) is 3.84. The fraction of sp³-hybridized carbons (Fsp3) is 0.286. The molecule has 1 unspecified atom stereocenters. The number of hydrogen-bond acceptors (Lipinski definition) is 4. The van der Waals surface area contributed by atoms with E-state index in [1.807, 2.05) is 34.9 Å². The van der Waals surface area contributed by atoms with Crippen molar-refractivity contribution in [2.45, 2.75) is 43.1 Å². The molecule has 6 heteroatoms. The van der Waals surface area contributed by atoms with Crippen molar-refractivity contribution in [2.24, 2.45) is 0 Å². The third kappa shape index (κ3) is 4.06. The molecule has 138 valence electrons. The number of amides is 1. The number of aromatic nitrogens is 3. The summed E-state index contributed by atoms with van der Waals surface area (Å²) < 4.78 is 1.96. The molecule has 1 aliphatic rings. The van der Waals surface area contributed by atoms with E-state index in [9.17, 15) is 4.79 Å². The molecule has 1 aromatic heterocycles. The van der Waals surface area contributed by atoms with Crippen LogP contribution >= 0.6 is 11.8 Å². The van der Waals surface area contributed by atoms with E-state index in [1.165, 1.54) is 17.3 Å². The Morgan fingerprint density at radius 2 is 1.96 bits per heavy atom. The summed E-state index contributed by atoms with van der Waals surface area (Å²) in [4.78, 5) is 12.9. The minimum atomic E-state index is -0.361. The highest BCUT2D eigenvalue weighted by Gasteiger charge is 2.30. The summed E-state index contributed by atoms with van der Waals surface area (Å²) in [5.41, 5.74) is 4.36. The molecule has 0 radical (unpaired) electrons. The van der Waals surface area contributed by atoms with Crippen molar-refractivity contribution in [3.63, 3.8) is 0 Å². The van der Waals surface area contributed by atoms with Crippen LogP contribution in [-0.2, 0) is 4.79 Å². The van der Waals surface area contributed by atoms with Gasteiger partial charge in [-0.25, -0.2) is 0 Å². The van der Waals surface area contributed by atoms with Crippen LogP contribution < -0.4 is 5.32 Å². The molecule has 0 aliphatic heterocycles. The largest absolute Gasteiger partial charge is 0.352 e. The van der Waals surface area contributed by atoms with Crippen LogP contribution in [0.15, 0.2) is 60.0 Å². The number of aryl methyl sites for hydroxylation is 2. The molecule has 4 rings (SSSR count). The monoisotopic (exact) mass is 378 g/mol. The van der Waals surface area contributed by atoms with E-state index in [4.69, 9.17) is 0 Å². The predicted octanol–water partition coefficient (Wildman–Crippen LogP) is 4.00. The molecule has 1 amide bonds. The van der Waals surface area contributed by atoms with E-state index in [-0.39, 0.29) is 11.2 Å². The molecule has 3 aromatic rings. The van der Waals surface area contributed by atoms with E-state index in [1.54, 1.807) is 6.33 Å². The van der Waals surface area contributed by atoms with Crippen LogP contribution in [0, 0.1) is 13.8 Å². The Morgan fingerprint density at radius 3 is 2.67 bits per heavy atom. The van der Waals surface area contributed by atoms with Gasteiger partial charge in [0.2, 0.25) is 5.91 Å². The fourth-order valence-electron chi connectivity index (χ4n) is 3.06. The van der Waals surface area contributed by atoms with Crippen LogP contribution in [0.1, 0.15) is 34.8 Å². The molecule has 0 bridgehead atoms. The summed E-state index contributed by atoms with van der Waals surface area (Å²) in [5, 5.41) is 11.9. The number of carbonyl (C=O) groups is 1. The normalized spacial score (nSPS) is 14.7. The molecular weight excluding hydrogens is 356 g/mol. The quantitative estimate of drug-likeness (QED) is 0.659. The predicted molar refractivity (Wildman–Crippen MR) is 107 cm³/mol. The zero-order chi connectivity index (χ0) is 18.8. The van der Waals surface area contributed by atoms with Crippen LogP contribution in [0.5, 0.6) is 0 Å². The first-order valence-corrected chi connectivity index (χ1v) is 9.99. The maximum atomic E-state index is 12.9.